The number of nitrogens with one attached hydrogen (secondary N) is 1. The topological polar surface area (TPSA) is 83.2 Å². The fraction of sp³-hybridized carbons (Fsp3) is 0.0833. The maximum absolute atomic E-state index is 11.7. The number of thioether (sulfide) groups is 1. The summed E-state index contributed by atoms with van der Waals surface area (Å²) in [4.78, 5) is 26.6. The number of nitrogens with zero attached hydrogens (tertiary/aromatic N) is 3. The van der Waals surface area contributed by atoms with Gasteiger partial charge in [-0.1, -0.05) is 36.0 Å². The summed E-state index contributed by atoms with van der Waals surface area (Å²) >= 11 is 6.83. The summed E-state index contributed by atoms with van der Waals surface area (Å²) in [5.74, 6) is -0.741. The van der Waals surface area contributed by atoms with Gasteiger partial charge in [-0.3, -0.25) is 9.59 Å². The van der Waals surface area contributed by atoms with Crippen LogP contribution in [0.2, 0.25) is 5.02 Å². The molecule has 2 amide bonds. The standard InChI is InChI=1S/C12H9ClN4O2S/c1-7-11(19)15-12(17-16-7)20-6-10(18)14-9-4-2-3-8(13)5-9/h2-5H,1,6H2,(H,14,18). The van der Waals surface area contributed by atoms with E-state index < -0.39 is 5.91 Å². The van der Waals surface area contributed by atoms with Gasteiger partial charge >= 0.3 is 0 Å². The number of aliphatic imine (C=N–C) groups is 1. The second kappa shape index (κ2) is 6.44. The van der Waals surface area contributed by atoms with Crippen LogP contribution in [0.4, 0.5) is 5.69 Å². The largest absolute Gasteiger partial charge is 0.325 e. The van der Waals surface area contributed by atoms with E-state index in [1.54, 1.807) is 24.3 Å². The van der Waals surface area contributed by atoms with E-state index in [9.17, 15) is 9.59 Å². The van der Waals surface area contributed by atoms with Crippen LogP contribution < -0.4 is 5.32 Å². The van der Waals surface area contributed by atoms with Crippen molar-refractivity contribution in [1.29, 1.82) is 0 Å². The molecular weight excluding hydrogens is 300 g/mol. The molecule has 1 heterocycles. The lowest BCUT2D eigenvalue weighted by molar-refractivity contribution is -0.115. The third-order valence-corrected chi connectivity index (χ3v) is 3.21. The van der Waals surface area contributed by atoms with Crippen molar-refractivity contribution in [1.82, 2.24) is 0 Å². The predicted octanol–water partition coefficient (Wildman–Crippen LogP) is 2.87. The lowest BCUT2D eigenvalue weighted by Gasteiger charge is -2.06. The summed E-state index contributed by atoms with van der Waals surface area (Å²) in [6.07, 6.45) is 0. The predicted molar refractivity (Wildman–Crippen MR) is 79.0 cm³/mol. The lowest BCUT2D eigenvalue weighted by Crippen LogP contribution is -2.15. The average Bonchev–Trinajstić information content (AvgIpc) is 2.40. The lowest BCUT2D eigenvalue weighted by atomic mass is 10.3. The van der Waals surface area contributed by atoms with E-state index in [0.29, 0.717) is 10.7 Å². The third kappa shape index (κ3) is 4.01. The molecule has 102 valence electrons. The SMILES string of the molecule is C=C1N=NC(SCC(=O)Nc2cccc(Cl)c2)=NC1=O. The number of azo groups is 1. The average molecular weight is 309 g/mol. The number of hydrogen-bond acceptors (Lipinski definition) is 5. The molecule has 2 rings (SSSR count). The smallest absolute Gasteiger partial charge is 0.299 e. The monoisotopic (exact) mass is 308 g/mol. The Morgan fingerprint density at radius 3 is 2.90 bits per heavy atom. The van der Waals surface area contributed by atoms with E-state index in [1.807, 2.05) is 0 Å². The fourth-order valence-electron chi connectivity index (χ4n) is 1.27. The molecule has 0 saturated heterocycles. The number of rotatable bonds is 3. The molecule has 6 nitrogen and oxygen atoms in total. The van der Waals surface area contributed by atoms with Crippen molar-refractivity contribution in [2.24, 2.45) is 15.2 Å². The Labute approximate surface area is 124 Å². The van der Waals surface area contributed by atoms with Crippen LogP contribution in [-0.2, 0) is 9.59 Å². The minimum Gasteiger partial charge on any atom is -0.325 e. The van der Waals surface area contributed by atoms with Crippen LogP contribution in [-0.4, -0.2) is 22.7 Å². The molecule has 1 N–H and O–H groups in total. The fourth-order valence-corrected chi connectivity index (χ4v) is 2.04. The van der Waals surface area contributed by atoms with Crippen LogP contribution in [0.25, 0.3) is 0 Å². The number of benzene rings is 1. The van der Waals surface area contributed by atoms with Crippen LogP contribution in [0.15, 0.2) is 51.8 Å². The Hall–Kier alpha value is -1.99. The van der Waals surface area contributed by atoms with Gasteiger partial charge in [0.1, 0.15) is 5.70 Å². The summed E-state index contributed by atoms with van der Waals surface area (Å²) in [5, 5.41) is 10.6. The van der Waals surface area contributed by atoms with Gasteiger partial charge in [0.25, 0.3) is 5.91 Å². The van der Waals surface area contributed by atoms with Gasteiger partial charge in [0.05, 0.1) is 5.75 Å². The highest BCUT2D eigenvalue weighted by atomic mass is 35.5. The summed E-state index contributed by atoms with van der Waals surface area (Å²) in [5.41, 5.74) is 0.581. The van der Waals surface area contributed by atoms with E-state index in [2.05, 4.69) is 27.1 Å². The highest BCUT2D eigenvalue weighted by Gasteiger charge is 2.14. The molecule has 0 radical (unpaired) electrons. The molecule has 0 aromatic heterocycles. The van der Waals surface area contributed by atoms with Gasteiger partial charge in [-0.25, -0.2) is 0 Å². The Morgan fingerprint density at radius 2 is 2.20 bits per heavy atom. The number of hydrogen-bond donors (Lipinski definition) is 1. The van der Waals surface area contributed by atoms with Crippen molar-refractivity contribution >= 4 is 46.0 Å². The van der Waals surface area contributed by atoms with Crippen LogP contribution >= 0.6 is 23.4 Å². The van der Waals surface area contributed by atoms with E-state index in [1.165, 1.54) is 0 Å². The molecule has 0 fully saturated rings. The summed E-state index contributed by atoms with van der Waals surface area (Å²) in [6.45, 7) is 3.37. The molecule has 8 heteroatoms. The minimum absolute atomic E-state index is 0.0160. The Morgan fingerprint density at radius 1 is 1.40 bits per heavy atom. The zero-order valence-corrected chi connectivity index (χ0v) is 11.7. The Balaban J connectivity index is 1.87. The second-order valence-electron chi connectivity index (χ2n) is 3.69. The summed E-state index contributed by atoms with van der Waals surface area (Å²) in [7, 11) is 0. The number of halogens is 1. The third-order valence-electron chi connectivity index (χ3n) is 2.14. The van der Waals surface area contributed by atoms with Crippen molar-refractivity contribution in [2.75, 3.05) is 11.1 Å². The van der Waals surface area contributed by atoms with Crippen LogP contribution in [0.1, 0.15) is 0 Å². The molecular formula is C12H9ClN4O2S. The molecule has 0 bridgehead atoms. The van der Waals surface area contributed by atoms with Gasteiger partial charge in [-0.2, -0.15) is 4.99 Å². The molecule has 1 aromatic rings. The maximum atomic E-state index is 11.7. The van der Waals surface area contributed by atoms with Crippen LogP contribution in [0.5, 0.6) is 0 Å². The first kappa shape index (κ1) is 14.4. The van der Waals surface area contributed by atoms with Gasteiger partial charge in [-0.05, 0) is 18.2 Å². The van der Waals surface area contributed by atoms with Gasteiger partial charge in [0.15, 0.2) is 0 Å². The van der Waals surface area contributed by atoms with Gasteiger partial charge < -0.3 is 5.32 Å². The van der Waals surface area contributed by atoms with E-state index in [-0.39, 0.29) is 22.5 Å². The molecule has 0 atom stereocenters. The second-order valence-corrected chi connectivity index (χ2v) is 5.07. The molecule has 0 unspecified atom stereocenters. The van der Waals surface area contributed by atoms with E-state index >= 15 is 0 Å². The molecule has 1 aromatic carbocycles. The number of amides is 2. The zero-order valence-electron chi connectivity index (χ0n) is 10.2. The van der Waals surface area contributed by atoms with Gasteiger partial charge in [-0.15, -0.1) is 10.2 Å². The van der Waals surface area contributed by atoms with Crippen molar-refractivity contribution < 1.29 is 9.59 Å². The van der Waals surface area contributed by atoms with Gasteiger partial charge in [0, 0.05) is 10.7 Å². The molecule has 0 saturated carbocycles. The normalized spacial score (nSPS) is 14.2. The quantitative estimate of drug-likeness (QED) is 0.871. The molecule has 0 spiro atoms. The minimum atomic E-state index is -0.544. The number of carbonyl (C=O) groups excluding carboxylic acids is 2. The van der Waals surface area contributed by atoms with E-state index in [0.717, 1.165) is 11.8 Å². The number of carbonyl (C=O) groups is 2. The molecule has 1 aliphatic rings. The maximum Gasteiger partial charge on any atom is 0.299 e. The van der Waals surface area contributed by atoms with E-state index in [4.69, 9.17) is 11.6 Å². The van der Waals surface area contributed by atoms with Crippen LogP contribution in [0.3, 0.4) is 0 Å². The van der Waals surface area contributed by atoms with Crippen molar-refractivity contribution in [3.05, 3.63) is 41.6 Å². The molecule has 20 heavy (non-hydrogen) atoms. The van der Waals surface area contributed by atoms with Gasteiger partial charge in [0.2, 0.25) is 11.1 Å². The van der Waals surface area contributed by atoms with Crippen molar-refractivity contribution in [3.63, 3.8) is 0 Å². The van der Waals surface area contributed by atoms with Crippen molar-refractivity contribution in [2.45, 2.75) is 0 Å². The molecule has 0 aliphatic carbocycles. The number of amidine groups is 1. The number of anilines is 1. The first-order chi connectivity index (χ1) is 9.54. The van der Waals surface area contributed by atoms with Crippen molar-refractivity contribution in [3.8, 4) is 0 Å². The Kier molecular flexibility index (Phi) is 4.65. The highest BCUT2D eigenvalue weighted by molar-refractivity contribution is 8.14. The first-order valence-electron chi connectivity index (χ1n) is 5.46. The first-order valence-corrected chi connectivity index (χ1v) is 6.83. The summed E-state index contributed by atoms with van der Waals surface area (Å²) in [6, 6.07) is 6.80. The zero-order chi connectivity index (χ0) is 14.5. The van der Waals surface area contributed by atoms with Crippen LogP contribution in [0, 0.1) is 0 Å². The Bertz CT molecular complexity index is 642. The molecule has 1 aliphatic heterocycles. The highest BCUT2D eigenvalue weighted by Crippen LogP contribution is 2.17. The summed E-state index contributed by atoms with van der Waals surface area (Å²) < 4.78 is 0.